The summed E-state index contributed by atoms with van der Waals surface area (Å²) in [7, 11) is 0. The quantitative estimate of drug-likeness (QED) is 0.520. The van der Waals surface area contributed by atoms with Crippen molar-refractivity contribution in [3.63, 3.8) is 0 Å². The molecule has 1 N–H and O–H groups in total. The second-order valence-corrected chi connectivity index (χ2v) is 5.84. The van der Waals surface area contributed by atoms with Gasteiger partial charge in [-0.3, -0.25) is 14.5 Å². The van der Waals surface area contributed by atoms with E-state index in [0.717, 1.165) is 11.8 Å². The number of carbonyl (C=O) groups is 2. The van der Waals surface area contributed by atoms with Crippen molar-refractivity contribution in [3.8, 4) is 5.75 Å². The maximum absolute atomic E-state index is 12.2. The SMILES string of the molecule is CCOC(=O)CN1C(=O)/C(=C/c2cccc(O)c2)SC1=S. The summed E-state index contributed by atoms with van der Waals surface area (Å²) in [5, 5.41) is 9.42. The van der Waals surface area contributed by atoms with Crippen LogP contribution in [0, 0.1) is 0 Å². The fourth-order valence-corrected chi connectivity index (χ4v) is 2.99. The van der Waals surface area contributed by atoms with Crippen LogP contribution in [-0.4, -0.2) is 39.4 Å². The second-order valence-electron chi connectivity index (χ2n) is 4.17. The van der Waals surface area contributed by atoms with Gasteiger partial charge in [-0.05, 0) is 30.7 Å². The van der Waals surface area contributed by atoms with E-state index in [0.29, 0.717) is 14.8 Å². The van der Waals surface area contributed by atoms with Gasteiger partial charge in [-0.2, -0.15) is 0 Å². The first kappa shape index (κ1) is 15.5. The number of thiocarbonyl (C=S) groups is 1. The molecule has 0 aromatic heterocycles. The molecule has 0 spiro atoms. The summed E-state index contributed by atoms with van der Waals surface area (Å²) in [6.45, 7) is 1.77. The predicted molar refractivity (Wildman–Crippen MR) is 84.6 cm³/mol. The number of benzene rings is 1. The maximum atomic E-state index is 12.2. The molecule has 1 amide bonds. The van der Waals surface area contributed by atoms with Crippen LogP contribution >= 0.6 is 24.0 Å². The van der Waals surface area contributed by atoms with E-state index in [4.69, 9.17) is 17.0 Å². The van der Waals surface area contributed by atoms with Crippen molar-refractivity contribution in [1.82, 2.24) is 4.90 Å². The summed E-state index contributed by atoms with van der Waals surface area (Å²) in [6, 6.07) is 6.53. The predicted octanol–water partition coefficient (Wildman–Crippen LogP) is 2.16. The average Bonchev–Trinajstić information content (AvgIpc) is 2.67. The molecular formula is C14H13NO4S2. The Morgan fingerprint density at radius 2 is 2.29 bits per heavy atom. The van der Waals surface area contributed by atoms with Crippen molar-refractivity contribution < 1.29 is 19.4 Å². The molecule has 7 heteroatoms. The summed E-state index contributed by atoms with van der Waals surface area (Å²) >= 11 is 6.23. The molecule has 1 aromatic carbocycles. The molecule has 1 fully saturated rings. The van der Waals surface area contributed by atoms with Crippen molar-refractivity contribution in [3.05, 3.63) is 34.7 Å². The minimum absolute atomic E-state index is 0.116. The first-order valence-corrected chi connectivity index (χ1v) is 7.43. The number of amides is 1. The third-order valence-corrected chi connectivity index (χ3v) is 4.01. The maximum Gasteiger partial charge on any atom is 0.326 e. The van der Waals surface area contributed by atoms with Gasteiger partial charge in [-0.25, -0.2) is 0 Å². The normalized spacial score (nSPS) is 16.6. The Morgan fingerprint density at radius 1 is 1.52 bits per heavy atom. The third-order valence-electron chi connectivity index (χ3n) is 2.63. The lowest BCUT2D eigenvalue weighted by molar-refractivity contribution is -0.145. The number of hydrogen-bond acceptors (Lipinski definition) is 6. The van der Waals surface area contributed by atoms with Crippen LogP contribution < -0.4 is 0 Å². The molecule has 110 valence electrons. The summed E-state index contributed by atoms with van der Waals surface area (Å²) in [5.74, 6) is -0.709. The lowest BCUT2D eigenvalue weighted by Crippen LogP contribution is -2.34. The number of phenols is 1. The number of carbonyl (C=O) groups excluding carboxylic acids is 2. The van der Waals surface area contributed by atoms with Gasteiger partial charge in [0.15, 0.2) is 0 Å². The largest absolute Gasteiger partial charge is 0.508 e. The van der Waals surface area contributed by atoms with Gasteiger partial charge in [0.25, 0.3) is 5.91 Å². The fourth-order valence-electron chi connectivity index (χ4n) is 1.74. The molecule has 2 rings (SSSR count). The van der Waals surface area contributed by atoms with Crippen molar-refractivity contribution in [2.45, 2.75) is 6.92 Å². The average molecular weight is 323 g/mol. The van der Waals surface area contributed by atoms with Gasteiger partial charge in [-0.15, -0.1) is 0 Å². The van der Waals surface area contributed by atoms with Gasteiger partial charge in [0.2, 0.25) is 0 Å². The van der Waals surface area contributed by atoms with Crippen LogP contribution in [0.2, 0.25) is 0 Å². The van der Waals surface area contributed by atoms with Crippen LogP contribution in [0.15, 0.2) is 29.2 Å². The van der Waals surface area contributed by atoms with E-state index in [9.17, 15) is 14.7 Å². The standard InChI is InChI=1S/C14H13NO4S2/c1-2-19-12(17)8-15-13(18)11(21-14(15)20)7-9-4-3-5-10(16)6-9/h3-7,16H,2,8H2,1H3/b11-7-. The van der Waals surface area contributed by atoms with Gasteiger partial charge in [0, 0.05) is 0 Å². The van der Waals surface area contributed by atoms with E-state index in [1.165, 1.54) is 11.0 Å². The van der Waals surface area contributed by atoms with E-state index in [-0.39, 0.29) is 24.8 Å². The van der Waals surface area contributed by atoms with Gasteiger partial charge < -0.3 is 9.84 Å². The number of phenolic OH excluding ortho intramolecular Hbond substituents is 1. The van der Waals surface area contributed by atoms with E-state index in [2.05, 4.69) is 0 Å². The molecule has 0 radical (unpaired) electrons. The number of rotatable bonds is 4. The first-order valence-electron chi connectivity index (χ1n) is 6.21. The van der Waals surface area contributed by atoms with Gasteiger partial charge in [-0.1, -0.05) is 36.1 Å². The molecule has 1 saturated heterocycles. The van der Waals surface area contributed by atoms with E-state index >= 15 is 0 Å². The summed E-state index contributed by atoms with van der Waals surface area (Å²) in [5.41, 5.74) is 0.687. The Morgan fingerprint density at radius 3 is 2.95 bits per heavy atom. The molecule has 1 aliphatic rings. The Balaban J connectivity index is 2.16. The molecule has 0 unspecified atom stereocenters. The fraction of sp³-hybridized carbons (Fsp3) is 0.214. The topological polar surface area (TPSA) is 66.8 Å². The van der Waals surface area contributed by atoms with Crippen LogP contribution in [0.1, 0.15) is 12.5 Å². The van der Waals surface area contributed by atoms with Crippen molar-refractivity contribution in [1.29, 1.82) is 0 Å². The molecule has 0 aliphatic carbocycles. The van der Waals surface area contributed by atoms with Crippen LogP contribution in [0.25, 0.3) is 6.08 Å². The summed E-state index contributed by atoms with van der Waals surface area (Å²) < 4.78 is 5.13. The third kappa shape index (κ3) is 3.83. The van der Waals surface area contributed by atoms with Gasteiger partial charge in [0.05, 0.1) is 11.5 Å². The highest BCUT2D eigenvalue weighted by molar-refractivity contribution is 8.26. The molecule has 1 heterocycles. The molecule has 21 heavy (non-hydrogen) atoms. The number of nitrogens with zero attached hydrogens (tertiary/aromatic N) is 1. The molecule has 0 saturated carbocycles. The summed E-state index contributed by atoms with van der Waals surface area (Å²) in [4.78, 5) is 25.3. The highest BCUT2D eigenvalue weighted by Crippen LogP contribution is 2.32. The highest BCUT2D eigenvalue weighted by atomic mass is 32.2. The van der Waals surface area contributed by atoms with Crippen LogP contribution in [-0.2, 0) is 14.3 Å². The molecule has 5 nitrogen and oxygen atoms in total. The molecule has 1 aliphatic heterocycles. The Bertz CT molecular complexity index is 627. The number of esters is 1. The molecule has 1 aromatic rings. The Labute approximate surface area is 131 Å². The summed E-state index contributed by atoms with van der Waals surface area (Å²) in [6.07, 6.45) is 1.63. The zero-order chi connectivity index (χ0) is 15.4. The number of aromatic hydroxyl groups is 1. The smallest absolute Gasteiger partial charge is 0.326 e. The van der Waals surface area contributed by atoms with Crippen molar-refractivity contribution in [2.24, 2.45) is 0 Å². The van der Waals surface area contributed by atoms with Crippen molar-refractivity contribution >= 4 is 46.3 Å². The second kappa shape index (κ2) is 6.73. The van der Waals surface area contributed by atoms with E-state index < -0.39 is 5.97 Å². The van der Waals surface area contributed by atoms with Gasteiger partial charge >= 0.3 is 5.97 Å². The minimum atomic E-state index is -0.493. The lowest BCUT2D eigenvalue weighted by atomic mass is 10.2. The molecular weight excluding hydrogens is 310 g/mol. The lowest BCUT2D eigenvalue weighted by Gasteiger charge is -2.12. The zero-order valence-corrected chi connectivity index (χ0v) is 12.9. The highest BCUT2D eigenvalue weighted by Gasteiger charge is 2.33. The van der Waals surface area contributed by atoms with Crippen LogP contribution in [0.3, 0.4) is 0 Å². The van der Waals surface area contributed by atoms with Crippen LogP contribution in [0.4, 0.5) is 0 Å². The van der Waals surface area contributed by atoms with Gasteiger partial charge in [0.1, 0.15) is 16.6 Å². The first-order chi connectivity index (χ1) is 10.0. The number of ether oxygens (including phenoxy) is 1. The van der Waals surface area contributed by atoms with Crippen LogP contribution in [0.5, 0.6) is 5.75 Å². The monoisotopic (exact) mass is 323 g/mol. The minimum Gasteiger partial charge on any atom is -0.508 e. The molecule has 0 atom stereocenters. The number of thioether (sulfide) groups is 1. The Hall–Kier alpha value is -1.86. The van der Waals surface area contributed by atoms with Crippen molar-refractivity contribution in [2.75, 3.05) is 13.2 Å². The Kier molecular flexibility index (Phi) is 4.98. The van der Waals surface area contributed by atoms with E-state index in [1.54, 1.807) is 31.2 Å². The van der Waals surface area contributed by atoms with E-state index in [1.807, 2.05) is 0 Å². The number of hydrogen-bond donors (Lipinski definition) is 1. The molecule has 0 bridgehead atoms. The zero-order valence-electron chi connectivity index (χ0n) is 11.2.